The number of nitrogen functional groups attached to an aromatic ring is 1. The third-order valence-corrected chi connectivity index (χ3v) is 3.12. The average Bonchev–Trinajstić information content (AvgIpc) is 2.74. The van der Waals surface area contributed by atoms with E-state index in [9.17, 15) is 0 Å². The maximum absolute atomic E-state index is 5.76. The van der Waals surface area contributed by atoms with E-state index in [1.165, 1.54) is 11.1 Å². The minimum Gasteiger partial charge on any atom is -0.399 e. The topological polar surface area (TPSA) is 43.3 Å². The van der Waals surface area contributed by atoms with Gasteiger partial charge in [0.2, 0.25) is 0 Å². The van der Waals surface area contributed by atoms with Crippen LogP contribution in [0.25, 0.3) is 5.52 Å². The van der Waals surface area contributed by atoms with Gasteiger partial charge in [-0.1, -0.05) is 29.8 Å². The van der Waals surface area contributed by atoms with Gasteiger partial charge in [-0.15, -0.1) is 0 Å². The molecule has 0 aliphatic rings. The first-order valence-corrected chi connectivity index (χ1v) is 5.99. The van der Waals surface area contributed by atoms with Crippen molar-refractivity contribution in [1.82, 2.24) is 9.38 Å². The highest BCUT2D eigenvalue weighted by atomic mass is 15.0. The Labute approximate surface area is 106 Å². The lowest BCUT2D eigenvalue weighted by Crippen LogP contribution is -1.97. The first-order valence-electron chi connectivity index (χ1n) is 5.99. The second kappa shape index (κ2) is 4.18. The molecule has 2 heterocycles. The maximum atomic E-state index is 5.76. The van der Waals surface area contributed by atoms with E-state index in [0.29, 0.717) is 0 Å². The van der Waals surface area contributed by atoms with E-state index in [1.54, 1.807) is 0 Å². The van der Waals surface area contributed by atoms with Crippen molar-refractivity contribution >= 4 is 11.2 Å². The molecule has 3 aromatic rings. The van der Waals surface area contributed by atoms with Crippen LogP contribution in [0.5, 0.6) is 0 Å². The third-order valence-electron chi connectivity index (χ3n) is 3.12. The molecule has 18 heavy (non-hydrogen) atoms. The molecule has 3 rings (SSSR count). The molecule has 0 aliphatic carbocycles. The summed E-state index contributed by atoms with van der Waals surface area (Å²) in [6, 6.07) is 12.4. The van der Waals surface area contributed by atoms with Crippen molar-refractivity contribution in [3.05, 3.63) is 65.7 Å². The van der Waals surface area contributed by atoms with Crippen molar-refractivity contribution in [2.45, 2.75) is 13.3 Å². The van der Waals surface area contributed by atoms with Gasteiger partial charge >= 0.3 is 0 Å². The van der Waals surface area contributed by atoms with E-state index >= 15 is 0 Å². The SMILES string of the molecule is Cc1ccc(Cc2ncc3cc(N)ccn23)cc1. The summed E-state index contributed by atoms with van der Waals surface area (Å²) in [7, 11) is 0. The standard InChI is InChI=1S/C15H15N3/c1-11-2-4-12(5-3-11)8-15-17-10-14-9-13(16)6-7-18(14)15/h2-7,9-10H,8,16H2,1H3. The summed E-state index contributed by atoms with van der Waals surface area (Å²) in [5.74, 6) is 1.04. The van der Waals surface area contributed by atoms with Gasteiger partial charge in [-0.25, -0.2) is 4.98 Å². The summed E-state index contributed by atoms with van der Waals surface area (Å²) in [6.45, 7) is 2.09. The van der Waals surface area contributed by atoms with Crippen molar-refractivity contribution in [2.75, 3.05) is 5.73 Å². The molecule has 3 heteroatoms. The Morgan fingerprint density at radius 3 is 2.72 bits per heavy atom. The lowest BCUT2D eigenvalue weighted by Gasteiger charge is -2.03. The first-order chi connectivity index (χ1) is 8.72. The number of nitrogens with zero attached hydrogens (tertiary/aromatic N) is 2. The number of imidazole rings is 1. The lowest BCUT2D eigenvalue weighted by atomic mass is 10.1. The van der Waals surface area contributed by atoms with Gasteiger partial charge in [0, 0.05) is 18.3 Å². The second-order valence-electron chi connectivity index (χ2n) is 4.59. The number of fused-ring (bicyclic) bond motifs is 1. The number of hydrogen-bond acceptors (Lipinski definition) is 2. The molecule has 1 aromatic carbocycles. The summed E-state index contributed by atoms with van der Waals surface area (Å²) < 4.78 is 2.08. The molecule has 0 radical (unpaired) electrons. The molecule has 0 spiro atoms. The Morgan fingerprint density at radius 2 is 1.94 bits per heavy atom. The molecular weight excluding hydrogens is 222 g/mol. The van der Waals surface area contributed by atoms with Crippen LogP contribution in [0.2, 0.25) is 0 Å². The van der Waals surface area contributed by atoms with Crippen LogP contribution >= 0.6 is 0 Å². The Kier molecular flexibility index (Phi) is 2.52. The summed E-state index contributed by atoms with van der Waals surface area (Å²) in [5.41, 5.74) is 10.1. The lowest BCUT2D eigenvalue weighted by molar-refractivity contribution is 0.961. The van der Waals surface area contributed by atoms with Crippen LogP contribution in [0, 0.1) is 6.92 Å². The fourth-order valence-electron chi connectivity index (χ4n) is 2.09. The van der Waals surface area contributed by atoms with Gasteiger partial charge in [0.05, 0.1) is 11.7 Å². The summed E-state index contributed by atoms with van der Waals surface area (Å²) in [4.78, 5) is 4.46. The predicted molar refractivity (Wildman–Crippen MR) is 73.6 cm³/mol. The van der Waals surface area contributed by atoms with Gasteiger partial charge in [-0.3, -0.25) is 0 Å². The number of pyridine rings is 1. The van der Waals surface area contributed by atoms with Crippen LogP contribution in [0.1, 0.15) is 17.0 Å². The molecule has 3 nitrogen and oxygen atoms in total. The molecule has 0 bridgehead atoms. The Bertz CT molecular complexity index is 681. The minimum atomic E-state index is 0.768. The molecule has 0 unspecified atom stereocenters. The summed E-state index contributed by atoms with van der Waals surface area (Å²) >= 11 is 0. The van der Waals surface area contributed by atoms with Gasteiger partial charge in [-0.05, 0) is 24.6 Å². The van der Waals surface area contributed by atoms with Crippen LogP contribution in [0.4, 0.5) is 5.69 Å². The molecule has 2 N–H and O–H groups in total. The van der Waals surface area contributed by atoms with Gasteiger partial charge in [-0.2, -0.15) is 0 Å². The van der Waals surface area contributed by atoms with Crippen molar-refractivity contribution in [1.29, 1.82) is 0 Å². The number of aromatic nitrogens is 2. The van der Waals surface area contributed by atoms with E-state index in [-0.39, 0.29) is 0 Å². The van der Waals surface area contributed by atoms with Crippen LogP contribution in [-0.4, -0.2) is 9.38 Å². The third kappa shape index (κ3) is 1.95. The molecule has 0 aliphatic heterocycles. The molecule has 90 valence electrons. The van der Waals surface area contributed by atoms with Crippen molar-refractivity contribution in [3.63, 3.8) is 0 Å². The number of rotatable bonds is 2. The van der Waals surface area contributed by atoms with Crippen LogP contribution < -0.4 is 5.73 Å². The number of benzene rings is 1. The van der Waals surface area contributed by atoms with Crippen LogP contribution in [0.3, 0.4) is 0 Å². The highest BCUT2D eigenvalue weighted by molar-refractivity contribution is 5.56. The second-order valence-corrected chi connectivity index (χ2v) is 4.59. The van der Waals surface area contributed by atoms with E-state index in [2.05, 4.69) is 40.6 Å². The number of nitrogens with two attached hydrogens (primary N) is 1. The van der Waals surface area contributed by atoms with E-state index in [0.717, 1.165) is 23.4 Å². The fourth-order valence-corrected chi connectivity index (χ4v) is 2.09. The zero-order valence-corrected chi connectivity index (χ0v) is 10.3. The molecule has 2 aromatic heterocycles. The van der Waals surface area contributed by atoms with E-state index < -0.39 is 0 Å². The molecule has 0 amide bonds. The average molecular weight is 237 g/mol. The monoisotopic (exact) mass is 237 g/mol. The molecule has 0 fully saturated rings. The molecular formula is C15H15N3. The highest BCUT2D eigenvalue weighted by Gasteiger charge is 2.04. The zero-order valence-electron chi connectivity index (χ0n) is 10.3. The summed E-state index contributed by atoms with van der Waals surface area (Å²) in [5, 5.41) is 0. The Balaban J connectivity index is 1.97. The van der Waals surface area contributed by atoms with Crippen molar-refractivity contribution in [2.24, 2.45) is 0 Å². The van der Waals surface area contributed by atoms with Crippen molar-refractivity contribution < 1.29 is 0 Å². The van der Waals surface area contributed by atoms with E-state index in [1.807, 2.05) is 24.5 Å². The molecule has 0 atom stereocenters. The largest absolute Gasteiger partial charge is 0.399 e. The van der Waals surface area contributed by atoms with Gasteiger partial charge in [0.15, 0.2) is 0 Å². The smallest absolute Gasteiger partial charge is 0.117 e. The molecule has 0 saturated heterocycles. The van der Waals surface area contributed by atoms with Crippen LogP contribution in [-0.2, 0) is 6.42 Å². The maximum Gasteiger partial charge on any atom is 0.117 e. The number of aryl methyl sites for hydroxylation is 1. The highest BCUT2D eigenvalue weighted by Crippen LogP contribution is 2.14. The van der Waals surface area contributed by atoms with Gasteiger partial charge in [0.1, 0.15) is 5.82 Å². The Morgan fingerprint density at radius 1 is 1.17 bits per heavy atom. The normalized spacial score (nSPS) is 10.9. The van der Waals surface area contributed by atoms with E-state index in [4.69, 9.17) is 5.73 Å². The fraction of sp³-hybridized carbons (Fsp3) is 0.133. The van der Waals surface area contributed by atoms with Gasteiger partial charge in [0.25, 0.3) is 0 Å². The zero-order chi connectivity index (χ0) is 12.5. The summed E-state index contributed by atoms with van der Waals surface area (Å²) in [6.07, 6.45) is 4.67. The predicted octanol–water partition coefficient (Wildman–Crippen LogP) is 2.82. The van der Waals surface area contributed by atoms with Crippen LogP contribution in [0.15, 0.2) is 48.8 Å². The minimum absolute atomic E-state index is 0.768. The first kappa shape index (κ1) is 10.8. The van der Waals surface area contributed by atoms with Crippen molar-refractivity contribution in [3.8, 4) is 0 Å². The number of anilines is 1. The number of hydrogen-bond donors (Lipinski definition) is 1. The quantitative estimate of drug-likeness (QED) is 0.744. The Hall–Kier alpha value is -2.29. The van der Waals surface area contributed by atoms with Gasteiger partial charge < -0.3 is 10.1 Å². The molecule has 0 saturated carbocycles.